The van der Waals surface area contributed by atoms with Crippen molar-refractivity contribution in [1.29, 1.82) is 0 Å². The number of rotatable bonds is 3. The summed E-state index contributed by atoms with van der Waals surface area (Å²) in [4.78, 5) is 6.84. The van der Waals surface area contributed by atoms with Crippen molar-refractivity contribution in [2.24, 2.45) is 11.8 Å². The van der Waals surface area contributed by atoms with Gasteiger partial charge in [0.1, 0.15) is 5.82 Å². The van der Waals surface area contributed by atoms with Crippen LogP contribution >= 0.6 is 11.6 Å². The molecule has 2 heterocycles. The topological polar surface area (TPSA) is 16.1 Å². The number of halogens is 1. The van der Waals surface area contributed by atoms with E-state index in [4.69, 9.17) is 11.6 Å². The first kappa shape index (κ1) is 11.7. The Morgan fingerprint density at radius 3 is 3.00 bits per heavy atom. The molecule has 1 saturated heterocycles. The summed E-state index contributed by atoms with van der Waals surface area (Å²) in [6.45, 7) is 6.84. The van der Waals surface area contributed by atoms with Crippen molar-refractivity contribution in [3.63, 3.8) is 0 Å². The molecule has 88 valence electrons. The Balaban J connectivity index is 2.14. The van der Waals surface area contributed by atoms with Gasteiger partial charge >= 0.3 is 0 Å². The van der Waals surface area contributed by atoms with Crippen LogP contribution in [0.2, 0.25) is 0 Å². The van der Waals surface area contributed by atoms with E-state index in [2.05, 4.69) is 29.8 Å². The van der Waals surface area contributed by atoms with Gasteiger partial charge in [-0.2, -0.15) is 0 Å². The van der Waals surface area contributed by atoms with E-state index in [1.165, 1.54) is 6.42 Å². The van der Waals surface area contributed by atoms with Crippen LogP contribution in [0.15, 0.2) is 18.3 Å². The molecular formula is C13H19ClN2. The zero-order valence-corrected chi connectivity index (χ0v) is 10.7. The SMILES string of the molecule is CC(C)C1CCN(c2ncccc2CCl)C1. The average Bonchev–Trinajstić information content (AvgIpc) is 2.78. The van der Waals surface area contributed by atoms with Crippen LogP contribution < -0.4 is 4.90 Å². The van der Waals surface area contributed by atoms with Gasteiger partial charge in [0.15, 0.2) is 0 Å². The fourth-order valence-corrected chi connectivity index (χ4v) is 2.55. The minimum atomic E-state index is 0.548. The molecule has 1 aromatic rings. The van der Waals surface area contributed by atoms with Crippen molar-refractivity contribution < 1.29 is 0 Å². The Morgan fingerprint density at radius 2 is 2.38 bits per heavy atom. The van der Waals surface area contributed by atoms with Crippen LogP contribution in [0.1, 0.15) is 25.8 Å². The van der Waals surface area contributed by atoms with Gasteiger partial charge in [-0.05, 0) is 24.3 Å². The number of aromatic nitrogens is 1. The lowest BCUT2D eigenvalue weighted by molar-refractivity contribution is 0.422. The lowest BCUT2D eigenvalue weighted by Gasteiger charge is -2.21. The molecule has 1 unspecified atom stereocenters. The molecular weight excluding hydrogens is 220 g/mol. The summed E-state index contributed by atoms with van der Waals surface area (Å²) in [5, 5.41) is 0. The second-order valence-electron chi connectivity index (χ2n) is 4.86. The molecule has 0 amide bonds. The molecule has 3 heteroatoms. The molecule has 0 radical (unpaired) electrons. The Morgan fingerprint density at radius 1 is 1.56 bits per heavy atom. The number of alkyl halides is 1. The van der Waals surface area contributed by atoms with Gasteiger partial charge in [-0.25, -0.2) is 4.98 Å². The van der Waals surface area contributed by atoms with Gasteiger partial charge in [0.25, 0.3) is 0 Å². The van der Waals surface area contributed by atoms with Crippen molar-refractivity contribution in [3.05, 3.63) is 23.9 Å². The van der Waals surface area contributed by atoms with Gasteiger partial charge in [0.05, 0.1) is 5.88 Å². The molecule has 0 N–H and O–H groups in total. The number of hydrogen-bond donors (Lipinski definition) is 0. The first-order valence-corrected chi connectivity index (χ1v) is 6.50. The summed E-state index contributed by atoms with van der Waals surface area (Å²) in [5.41, 5.74) is 1.15. The van der Waals surface area contributed by atoms with Crippen molar-refractivity contribution >= 4 is 17.4 Å². The van der Waals surface area contributed by atoms with E-state index in [1.54, 1.807) is 0 Å². The maximum absolute atomic E-state index is 5.94. The fraction of sp³-hybridized carbons (Fsp3) is 0.615. The molecule has 0 saturated carbocycles. The Hall–Kier alpha value is -0.760. The predicted molar refractivity (Wildman–Crippen MR) is 69.0 cm³/mol. The third kappa shape index (κ3) is 2.32. The Labute approximate surface area is 103 Å². The summed E-state index contributed by atoms with van der Waals surface area (Å²) >= 11 is 5.94. The first-order valence-electron chi connectivity index (χ1n) is 5.97. The largest absolute Gasteiger partial charge is 0.356 e. The molecule has 0 aliphatic carbocycles. The zero-order chi connectivity index (χ0) is 11.5. The molecule has 2 rings (SSSR count). The van der Waals surface area contributed by atoms with E-state index in [0.717, 1.165) is 36.3 Å². The van der Waals surface area contributed by atoms with Gasteiger partial charge in [0, 0.05) is 24.8 Å². The van der Waals surface area contributed by atoms with Crippen LogP contribution in [0.5, 0.6) is 0 Å². The summed E-state index contributed by atoms with van der Waals surface area (Å²) in [7, 11) is 0. The molecule has 0 spiro atoms. The third-order valence-electron chi connectivity index (χ3n) is 3.48. The minimum absolute atomic E-state index is 0.548. The molecule has 1 fully saturated rings. The van der Waals surface area contributed by atoms with Crippen LogP contribution in [-0.4, -0.2) is 18.1 Å². The highest BCUT2D eigenvalue weighted by molar-refractivity contribution is 6.17. The third-order valence-corrected chi connectivity index (χ3v) is 3.77. The van der Waals surface area contributed by atoms with Gasteiger partial charge in [-0.1, -0.05) is 19.9 Å². The van der Waals surface area contributed by atoms with E-state index < -0.39 is 0 Å². The van der Waals surface area contributed by atoms with Gasteiger partial charge in [-0.15, -0.1) is 11.6 Å². The van der Waals surface area contributed by atoms with Crippen LogP contribution in [0.25, 0.3) is 0 Å². The number of anilines is 1. The summed E-state index contributed by atoms with van der Waals surface area (Å²) in [6.07, 6.45) is 3.13. The second kappa shape index (κ2) is 5.05. The predicted octanol–water partition coefficient (Wildman–Crippen LogP) is 3.30. The minimum Gasteiger partial charge on any atom is -0.356 e. The van der Waals surface area contributed by atoms with Crippen molar-refractivity contribution in [2.45, 2.75) is 26.1 Å². The molecule has 1 aliphatic heterocycles. The Bertz CT molecular complexity index is 352. The summed E-state index contributed by atoms with van der Waals surface area (Å²) in [5.74, 6) is 3.19. The van der Waals surface area contributed by atoms with Crippen LogP contribution in [0, 0.1) is 11.8 Å². The van der Waals surface area contributed by atoms with Crippen molar-refractivity contribution in [1.82, 2.24) is 4.98 Å². The first-order chi connectivity index (χ1) is 7.72. The van der Waals surface area contributed by atoms with Crippen LogP contribution in [0.3, 0.4) is 0 Å². The maximum atomic E-state index is 5.94. The lowest BCUT2D eigenvalue weighted by Crippen LogP contribution is -2.23. The monoisotopic (exact) mass is 238 g/mol. The smallest absolute Gasteiger partial charge is 0.132 e. The van der Waals surface area contributed by atoms with Gasteiger partial charge in [-0.3, -0.25) is 0 Å². The van der Waals surface area contributed by atoms with Crippen LogP contribution in [0.4, 0.5) is 5.82 Å². The van der Waals surface area contributed by atoms with E-state index in [-0.39, 0.29) is 0 Å². The highest BCUT2D eigenvalue weighted by atomic mass is 35.5. The summed E-state index contributed by atoms with van der Waals surface area (Å²) < 4.78 is 0. The average molecular weight is 239 g/mol. The standard InChI is InChI=1S/C13H19ClN2/c1-10(2)12-5-7-16(9-12)13-11(8-14)4-3-6-15-13/h3-4,6,10,12H,5,7-9H2,1-2H3. The number of pyridine rings is 1. The molecule has 1 aromatic heterocycles. The van der Waals surface area contributed by atoms with Crippen molar-refractivity contribution in [2.75, 3.05) is 18.0 Å². The fourth-order valence-electron chi connectivity index (χ4n) is 2.34. The molecule has 2 nitrogen and oxygen atoms in total. The normalized spacial score (nSPS) is 20.8. The maximum Gasteiger partial charge on any atom is 0.132 e. The van der Waals surface area contributed by atoms with Crippen LogP contribution in [-0.2, 0) is 5.88 Å². The molecule has 1 atom stereocenters. The molecule has 0 bridgehead atoms. The van der Waals surface area contributed by atoms with E-state index in [0.29, 0.717) is 5.88 Å². The lowest BCUT2D eigenvalue weighted by atomic mass is 9.95. The van der Waals surface area contributed by atoms with Gasteiger partial charge in [0.2, 0.25) is 0 Å². The van der Waals surface area contributed by atoms with Gasteiger partial charge < -0.3 is 4.90 Å². The highest BCUT2D eigenvalue weighted by Crippen LogP contribution is 2.29. The van der Waals surface area contributed by atoms with Crippen molar-refractivity contribution in [3.8, 4) is 0 Å². The second-order valence-corrected chi connectivity index (χ2v) is 5.13. The van der Waals surface area contributed by atoms with E-state index in [9.17, 15) is 0 Å². The highest BCUT2D eigenvalue weighted by Gasteiger charge is 2.26. The number of hydrogen-bond acceptors (Lipinski definition) is 2. The van der Waals surface area contributed by atoms with E-state index in [1.807, 2.05) is 12.3 Å². The van der Waals surface area contributed by atoms with E-state index >= 15 is 0 Å². The quantitative estimate of drug-likeness (QED) is 0.752. The zero-order valence-electron chi connectivity index (χ0n) is 9.99. The molecule has 16 heavy (non-hydrogen) atoms. The molecule has 0 aromatic carbocycles. The number of nitrogens with zero attached hydrogens (tertiary/aromatic N) is 2. The Kier molecular flexibility index (Phi) is 3.70. The summed E-state index contributed by atoms with van der Waals surface area (Å²) in [6, 6.07) is 4.02. The molecule has 1 aliphatic rings.